The highest BCUT2D eigenvalue weighted by Crippen LogP contribution is 2.27. The van der Waals surface area contributed by atoms with Crippen molar-refractivity contribution in [2.75, 3.05) is 13.2 Å². The van der Waals surface area contributed by atoms with Crippen molar-refractivity contribution in [1.82, 2.24) is 0 Å². The Labute approximate surface area is 123 Å². The van der Waals surface area contributed by atoms with Crippen LogP contribution in [0.15, 0.2) is 0 Å². The highest BCUT2D eigenvalue weighted by atomic mass is 28.4. The predicted molar refractivity (Wildman–Crippen MR) is 83.9 cm³/mol. The van der Waals surface area contributed by atoms with Crippen molar-refractivity contribution in [1.29, 1.82) is 0 Å². The van der Waals surface area contributed by atoms with E-state index in [0.29, 0.717) is 0 Å². The third kappa shape index (κ3) is 8.97. The maximum absolute atomic E-state index is 6.07. The number of rotatable bonds is 11. The molecule has 0 aromatic rings. The van der Waals surface area contributed by atoms with Crippen LogP contribution in [-0.4, -0.2) is 32.5 Å². The van der Waals surface area contributed by atoms with E-state index in [1.165, 1.54) is 44.9 Å². The molecule has 0 unspecified atom stereocenters. The Kier molecular flexibility index (Phi) is 11.0. The van der Waals surface area contributed by atoms with E-state index >= 15 is 0 Å². The van der Waals surface area contributed by atoms with E-state index < -0.39 is 19.3 Å². The van der Waals surface area contributed by atoms with Crippen molar-refractivity contribution in [3.8, 4) is 0 Å². The van der Waals surface area contributed by atoms with E-state index in [4.69, 9.17) is 13.0 Å². The Morgan fingerprint density at radius 3 is 2.05 bits per heavy atom. The first-order chi connectivity index (χ1) is 9.36. The topological polar surface area (TPSA) is 27.7 Å². The molecule has 5 heteroatoms. The van der Waals surface area contributed by atoms with E-state index in [0.717, 1.165) is 31.6 Å². The Morgan fingerprint density at radius 2 is 1.53 bits per heavy atom. The van der Waals surface area contributed by atoms with Gasteiger partial charge in [0.2, 0.25) is 0 Å². The summed E-state index contributed by atoms with van der Waals surface area (Å²) < 4.78 is 17.7. The lowest BCUT2D eigenvalue weighted by Gasteiger charge is -2.22. The molecule has 0 heterocycles. The summed E-state index contributed by atoms with van der Waals surface area (Å²) in [5.41, 5.74) is 0.873. The van der Waals surface area contributed by atoms with Gasteiger partial charge in [-0.3, -0.25) is 0 Å². The van der Waals surface area contributed by atoms with Crippen LogP contribution in [0.3, 0.4) is 0 Å². The molecule has 1 fully saturated rings. The first-order valence-corrected chi connectivity index (χ1v) is 10.7. The van der Waals surface area contributed by atoms with E-state index in [1.807, 2.05) is 0 Å². The second-order valence-electron chi connectivity index (χ2n) is 5.47. The summed E-state index contributed by atoms with van der Waals surface area (Å²) in [6, 6.07) is 0. The second kappa shape index (κ2) is 12.1. The number of hydrogen-bond donors (Lipinski definition) is 0. The van der Waals surface area contributed by atoms with Gasteiger partial charge in [0.1, 0.15) is 0 Å². The Balaban J connectivity index is 2.17. The van der Waals surface area contributed by atoms with Gasteiger partial charge in [0.15, 0.2) is 9.76 Å². The molecule has 0 aromatic heterocycles. The fourth-order valence-electron chi connectivity index (χ4n) is 2.26. The molecule has 0 N–H and O–H groups in total. The van der Waals surface area contributed by atoms with Crippen molar-refractivity contribution in [2.45, 2.75) is 77.2 Å². The molecular weight excluding hydrogens is 272 g/mol. The molecule has 1 aliphatic carbocycles. The van der Waals surface area contributed by atoms with Crippen LogP contribution in [0.25, 0.3) is 0 Å². The molecule has 1 radical (unpaired) electrons. The molecule has 1 rings (SSSR count). The van der Waals surface area contributed by atoms with E-state index in [9.17, 15) is 0 Å². The van der Waals surface area contributed by atoms with Gasteiger partial charge < -0.3 is 13.0 Å². The molecule has 113 valence electrons. The van der Waals surface area contributed by atoms with Crippen molar-refractivity contribution >= 4 is 19.3 Å². The van der Waals surface area contributed by atoms with E-state index in [1.54, 1.807) is 0 Å². The zero-order valence-electron chi connectivity index (χ0n) is 12.8. The van der Waals surface area contributed by atoms with Crippen LogP contribution < -0.4 is 0 Å². The Hall–Kier alpha value is 0.314. The molecule has 1 aliphatic rings. The minimum atomic E-state index is -1.43. The van der Waals surface area contributed by atoms with Gasteiger partial charge >= 0.3 is 9.53 Å². The average molecular weight is 304 g/mol. The number of hydrogen-bond acceptors (Lipinski definition) is 3. The summed E-state index contributed by atoms with van der Waals surface area (Å²) in [6.45, 7) is 5.97. The van der Waals surface area contributed by atoms with Gasteiger partial charge in [0.05, 0.1) is 0 Å². The second-order valence-corrected chi connectivity index (χ2v) is 9.19. The maximum Gasteiger partial charge on any atom is 0.566 e. The smallest absolute Gasteiger partial charge is 0.419 e. The summed E-state index contributed by atoms with van der Waals surface area (Å²) in [7, 11) is -1.88. The van der Waals surface area contributed by atoms with Crippen LogP contribution >= 0.6 is 0 Å². The lowest BCUT2D eigenvalue weighted by atomic mass is 10.0. The summed E-state index contributed by atoms with van der Waals surface area (Å²) >= 11 is 0. The lowest BCUT2D eigenvalue weighted by molar-refractivity contribution is 0.137. The van der Waals surface area contributed by atoms with Crippen LogP contribution in [0, 0.1) is 0 Å². The largest absolute Gasteiger partial charge is 0.566 e. The molecular formula is C14H31O3Si2. The normalized spacial score (nSPS) is 17.8. The van der Waals surface area contributed by atoms with Gasteiger partial charge in [0, 0.05) is 13.2 Å². The third-order valence-electron chi connectivity index (χ3n) is 3.60. The van der Waals surface area contributed by atoms with Crippen LogP contribution in [0.5, 0.6) is 0 Å². The standard InChI is InChI=1S/C14H31O3Si2/c1-3-5-12-15-19(16-13-6-4-2)17-18-14-10-8-7-9-11-14/h14H,3-13,18H2,1-2H3. The molecule has 3 nitrogen and oxygen atoms in total. The molecule has 0 spiro atoms. The molecule has 0 aromatic carbocycles. The highest BCUT2D eigenvalue weighted by Gasteiger charge is 2.22. The average Bonchev–Trinajstić information content (AvgIpc) is 2.45. The first kappa shape index (κ1) is 17.4. The molecule has 0 amide bonds. The van der Waals surface area contributed by atoms with Crippen molar-refractivity contribution in [3.05, 3.63) is 0 Å². The Morgan fingerprint density at radius 1 is 0.947 bits per heavy atom. The molecule has 0 bridgehead atoms. The maximum atomic E-state index is 6.07. The minimum absolute atomic E-state index is 0.455. The lowest BCUT2D eigenvalue weighted by Crippen LogP contribution is -2.31. The van der Waals surface area contributed by atoms with Gasteiger partial charge in [-0.15, -0.1) is 0 Å². The van der Waals surface area contributed by atoms with Crippen molar-refractivity contribution < 1.29 is 13.0 Å². The fourth-order valence-corrected chi connectivity index (χ4v) is 6.03. The SMILES string of the molecule is CCCCO[Si](OCCCC)O[SiH2]C1CCCCC1. The summed E-state index contributed by atoms with van der Waals surface area (Å²) in [4.78, 5) is 0. The van der Waals surface area contributed by atoms with E-state index in [2.05, 4.69) is 13.8 Å². The van der Waals surface area contributed by atoms with Gasteiger partial charge in [-0.25, -0.2) is 0 Å². The molecule has 0 saturated heterocycles. The highest BCUT2D eigenvalue weighted by molar-refractivity contribution is 6.48. The van der Waals surface area contributed by atoms with Crippen molar-refractivity contribution in [3.63, 3.8) is 0 Å². The minimum Gasteiger partial charge on any atom is -0.419 e. The van der Waals surface area contributed by atoms with E-state index in [-0.39, 0.29) is 0 Å². The summed E-state index contributed by atoms with van der Waals surface area (Å²) in [5.74, 6) is 0. The molecule has 0 atom stereocenters. The zero-order chi connectivity index (χ0) is 13.8. The van der Waals surface area contributed by atoms with Crippen LogP contribution in [0.2, 0.25) is 5.54 Å². The van der Waals surface area contributed by atoms with Crippen molar-refractivity contribution in [2.24, 2.45) is 0 Å². The monoisotopic (exact) mass is 303 g/mol. The van der Waals surface area contributed by atoms with Crippen LogP contribution in [-0.2, 0) is 13.0 Å². The Bertz CT molecular complexity index is 189. The van der Waals surface area contributed by atoms with Gasteiger partial charge in [-0.2, -0.15) is 0 Å². The van der Waals surface area contributed by atoms with Gasteiger partial charge in [-0.1, -0.05) is 58.8 Å². The third-order valence-corrected chi connectivity index (χ3v) is 7.37. The molecule has 0 aliphatic heterocycles. The van der Waals surface area contributed by atoms with Crippen LogP contribution in [0.1, 0.15) is 71.6 Å². The van der Waals surface area contributed by atoms with Gasteiger partial charge in [-0.05, 0) is 18.4 Å². The fraction of sp³-hybridized carbons (Fsp3) is 1.00. The first-order valence-electron chi connectivity index (χ1n) is 8.12. The molecule has 19 heavy (non-hydrogen) atoms. The van der Waals surface area contributed by atoms with Crippen LogP contribution in [0.4, 0.5) is 0 Å². The summed E-state index contributed by atoms with van der Waals surface area (Å²) in [6.07, 6.45) is 11.5. The predicted octanol–water partition coefficient (Wildman–Crippen LogP) is 3.46. The quantitative estimate of drug-likeness (QED) is 0.432. The summed E-state index contributed by atoms with van der Waals surface area (Å²) in [5, 5.41) is 0. The van der Waals surface area contributed by atoms with Gasteiger partial charge in [0.25, 0.3) is 0 Å². The zero-order valence-corrected chi connectivity index (χ0v) is 15.2. The molecule has 1 saturated carbocycles. The number of unbranched alkanes of at least 4 members (excludes halogenated alkanes) is 2.